The Morgan fingerprint density at radius 1 is 1.00 bits per heavy atom. The zero-order valence-electron chi connectivity index (χ0n) is 13.2. The summed E-state index contributed by atoms with van der Waals surface area (Å²) in [6.07, 6.45) is 3.48. The summed E-state index contributed by atoms with van der Waals surface area (Å²) in [7, 11) is 0. The van der Waals surface area contributed by atoms with Gasteiger partial charge in [-0.05, 0) is 47.9 Å². The number of pyridine rings is 1. The Hall–Kier alpha value is -2.65. The van der Waals surface area contributed by atoms with Crippen molar-refractivity contribution < 1.29 is 4.79 Å². The summed E-state index contributed by atoms with van der Waals surface area (Å²) < 4.78 is 0. The van der Waals surface area contributed by atoms with Crippen LogP contribution in [-0.2, 0) is 0 Å². The molecule has 0 saturated carbocycles. The summed E-state index contributed by atoms with van der Waals surface area (Å²) in [6, 6.07) is 18.5. The standard InChI is InChI=1S/C20H17ClN2O/c1-14-5-2-3-7-18(14)20(24)23-19(16-6-4-12-22-13-16)15-8-10-17(21)11-9-15/h2-13,19H,1H3,(H,23,24)/t19-/m0/s1. The third-order valence-corrected chi connectivity index (χ3v) is 4.14. The highest BCUT2D eigenvalue weighted by Crippen LogP contribution is 2.24. The van der Waals surface area contributed by atoms with E-state index in [1.807, 2.05) is 67.6 Å². The fraction of sp³-hybridized carbons (Fsp3) is 0.100. The van der Waals surface area contributed by atoms with E-state index in [4.69, 9.17) is 11.6 Å². The molecule has 120 valence electrons. The van der Waals surface area contributed by atoms with Crippen LogP contribution in [0, 0.1) is 6.92 Å². The highest BCUT2D eigenvalue weighted by atomic mass is 35.5. The zero-order chi connectivity index (χ0) is 16.9. The van der Waals surface area contributed by atoms with Crippen molar-refractivity contribution >= 4 is 17.5 Å². The monoisotopic (exact) mass is 336 g/mol. The Bertz CT molecular complexity index is 832. The van der Waals surface area contributed by atoms with Crippen LogP contribution in [-0.4, -0.2) is 10.9 Å². The normalized spacial score (nSPS) is 11.8. The molecule has 0 saturated heterocycles. The smallest absolute Gasteiger partial charge is 0.252 e. The molecule has 1 aromatic heterocycles. The minimum Gasteiger partial charge on any atom is -0.341 e. The average Bonchev–Trinajstić information content (AvgIpc) is 2.61. The topological polar surface area (TPSA) is 42.0 Å². The van der Waals surface area contributed by atoms with Crippen LogP contribution in [0.3, 0.4) is 0 Å². The molecule has 0 radical (unpaired) electrons. The molecule has 3 aromatic rings. The first-order valence-corrected chi connectivity index (χ1v) is 8.05. The van der Waals surface area contributed by atoms with Crippen molar-refractivity contribution in [2.75, 3.05) is 0 Å². The van der Waals surface area contributed by atoms with E-state index < -0.39 is 0 Å². The molecule has 0 bridgehead atoms. The number of hydrogen-bond acceptors (Lipinski definition) is 2. The number of rotatable bonds is 4. The minimum absolute atomic E-state index is 0.114. The van der Waals surface area contributed by atoms with Gasteiger partial charge in [0.1, 0.15) is 0 Å². The lowest BCUT2D eigenvalue weighted by molar-refractivity contribution is 0.0942. The molecule has 0 spiro atoms. The van der Waals surface area contributed by atoms with Crippen LogP contribution in [0.5, 0.6) is 0 Å². The first-order chi connectivity index (χ1) is 11.6. The Morgan fingerprint density at radius 3 is 2.42 bits per heavy atom. The lowest BCUT2D eigenvalue weighted by Gasteiger charge is -2.20. The molecule has 1 N–H and O–H groups in total. The van der Waals surface area contributed by atoms with E-state index in [-0.39, 0.29) is 11.9 Å². The number of halogens is 1. The predicted octanol–water partition coefficient (Wildman–Crippen LogP) is 4.56. The number of hydrogen-bond donors (Lipinski definition) is 1. The van der Waals surface area contributed by atoms with Gasteiger partial charge in [-0.3, -0.25) is 9.78 Å². The van der Waals surface area contributed by atoms with Gasteiger partial charge in [0.2, 0.25) is 0 Å². The maximum absolute atomic E-state index is 12.7. The molecule has 3 rings (SSSR count). The van der Waals surface area contributed by atoms with Gasteiger partial charge in [-0.1, -0.05) is 48.0 Å². The molecule has 24 heavy (non-hydrogen) atoms. The molecule has 0 unspecified atom stereocenters. The molecule has 1 heterocycles. The number of carbonyl (C=O) groups excluding carboxylic acids is 1. The van der Waals surface area contributed by atoms with Crippen LogP contribution in [0.4, 0.5) is 0 Å². The van der Waals surface area contributed by atoms with Crippen LogP contribution in [0.15, 0.2) is 73.1 Å². The molecular weight excluding hydrogens is 320 g/mol. The molecular formula is C20H17ClN2O. The molecule has 1 amide bonds. The molecule has 3 nitrogen and oxygen atoms in total. The predicted molar refractivity (Wildman–Crippen MR) is 96.2 cm³/mol. The van der Waals surface area contributed by atoms with E-state index in [9.17, 15) is 4.79 Å². The molecule has 0 aliphatic rings. The van der Waals surface area contributed by atoms with Gasteiger partial charge in [-0.2, -0.15) is 0 Å². The van der Waals surface area contributed by atoms with Gasteiger partial charge in [0.15, 0.2) is 0 Å². The third-order valence-electron chi connectivity index (χ3n) is 3.89. The van der Waals surface area contributed by atoms with Crippen molar-refractivity contribution in [1.29, 1.82) is 0 Å². The van der Waals surface area contributed by atoms with Crippen LogP contribution in [0.25, 0.3) is 0 Å². The largest absolute Gasteiger partial charge is 0.341 e. The van der Waals surface area contributed by atoms with Crippen molar-refractivity contribution in [2.45, 2.75) is 13.0 Å². The Morgan fingerprint density at radius 2 is 1.75 bits per heavy atom. The highest BCUT2D eigenvalue weighted by Gasteiger charge is 2.18. The summed E-state index contributed by atoms with van der Waals surface area (Å²) in [6.45, 7) is 1.93. The van der Waals surface area contributed by atoms with Gasteiger partial charge in [-0.25, -0.2) is 0 Å². The second kappa shape index (κ2) is 7.28. The molecule has 2 aromatic carbocycles. The summed E-state index contributed by atoms with van der Waals surface area (Å²) in [5.41, 5.74) is 3.48. The molecule has 0 aliphatic heterocycles. The summed E-state index contributed by atoms with van der Waals surface area (Å²) in [5, 5.41) is 3.77. The minimum atomic E-state index is -0.289. The van der Waals surface area contributed by atoms with Crippen LogP contribution < -0.4 is 5.32 Å². The van der Waals surface area contributed by atoms with Crippen molar-refractivity contribution in [2.24, 2.45) is 0 Å². The van der Waals surface area contributed by atoms with E-state index >= 15 is 0 Å². The fourth-order valence-electron chi connectivity index (χ4n) is 2.60. The number of carbonyl (C=O) groups is 1. The van der Waals surface area contributed by atoms with Crippen molar-refractivity contribution in [3.8, 4) is 0 Å². The lowest BCUT2D eigenvalue weighted by Crippen LogP contribution is -2.29. The fourth-order valence-corrected chi connectivity index (χ4v) is 2.72. The summed E-state index contributed by atoms with van der Waals surface area (Å²) in [5.74, 6) is -0.114. The zero-order valence-corrected chi connectivity index (χ0v) is 14.0. The number of nitrogens with one attached hydrogen (secondary N) is 1. The second-order valence-electron chi connectivity index (χ2n) is 5.56. The maximum atomic E-state index is 12.7. The number of benzene rings is 2. The molecule has 0 fully saturated rings. The first kappa shape index (κ1) is 16.2. The molecule has 4 heteroatoms. The molecule has 1 atom stereocenters. The Balaban J connectivity index is 1.95. The molecule has 0 aliphatic carbocycles. The maximum Gasteiger partial charge on any atom is 0.252 e. The Kier molecular flexibility index (Phi) is 4.92. The number of aryl methyl sites for hydroxylation is 1. The van der Waals surface area contributed by atoms with E-state index in [2.05, 4.69) is 10.3 Å². The van der Waals surface area contributed by atoms with Crippen LogP contribution >= 0.6 is 11.6 Å². The van der Waals surface area contributed by atoms with E-state index in [0.29, 0.717) is 10.6 Å². The van der Waals surface area contributed by atoms with Crippen molar-refractivity contribution in [1.82, 2.24) is 10.3 Å². The Labute approximate surface area is 146 Å². The third kappa shape index (κ3) is 3.63. The van der Waals surface area contributed by atoms with E-state index in [1.54, 1.807) is 12.4 Å². The van der Waals surface area contributed by atoms with E-state index in [0.717, 1.165) is 16.7 Å². The second-order valence-corrected chi connectivity index (χ2v) is 6.00. The average molecular weight is 337 g/mol. The quantitative estimate of drug-likeness (QED) is 0.758. The van der Waals surface area contributed by atoms with E-state index in [1.165, 1.54) is 0 Å². The van der Waals surface area contributed by atoms with Gasteiger partial charge in [0.05, 0.1) is 6.04 Å². The number of amides is 1. The van der Waals surface area contributed by atoms with Gasteiger partial charge in [0, 0.05) is 23.0 Å². The van der Waals surface area contributed by atoms with Crippen molar-refractivity contribution in [3.63, 3.8) is 0 Å². The summed E-state index contributed by atoms with van der Waals surface area (Å²) >= 11 is 5.99. The van der Waals surface area contributed by atoms with Gasteiger partial charge >= 0.3 is 0 Å². The first-order valence-electron chi connectivity index (χ1n) is 7.67. The van der Waals surface area contributed by atoms with Crippen LogP contribution in [0.2, 0.25) is 5.02 Å². The lowest BCUT2D eigenvalue weighted by atomic mass is 9.99. The number of aromatic nitrogens is 1. The van der Waals surface area contributed by atoms with Gasteiger partial charge < -0.3 is 5.32 Å². The SMILES string of the molecule is Cc1ccccc1C(=O)N[C@@H](c1ccc(Cl)cc1)c1cccnc1. The van der Waals surface area contributed by atoms with Crippen LogP contribution in [0.1, 0.15) is 33.1 Å². The highest BCUT2D eigenvalue weighted by molar-refractivity contribution is 6.30. The summed E-state index contributed by atoms with van der Waals surface area (Å²) in [4.78, 5) is 16.9. The van der Waals surface area contributed by atoms with Gasteiger partial charge in [0.25, 0.3) is 5.91 Å². The van der Waals surface area contributed by atoms with Gasteiger partial charge in [-0.15, -0.1) is 0 Å². The number of nitrogens with zero attached hydrogens (tertiary/aromatic N) is 1. The van der Waals surface area contributed by atoms with Crippen molar-refractivity contribution in [3.05, 3.63) is 100 Å².